The first-order valence-corrected chi connectivity index (χ1v) is 11.3. The molecule has 4 rings (SSSR count). The van der Waals surface area contributed by atoms with Gasteiger partial charge in [0.05, 0.1) is 30.3 Å². The van der Waals surface area contributed by atoms with Gasteiger partial charge in [-0.15, -0.1) is 0 Å². The SMILES string of the molecule is COC1C=C(C2CC(C)C3C(=O)N(C4C=NN(CC(F)(F)F)C4)C(OC(C)=O)C3=N2)C=NC1OC. The lowest BCUT2D eigenvalue weighted by Crippen LogP contribution is -2.48. The summed E-state index contributed by atoms with van der Waals surface area (Å²) in [6.07, 6.45) is -1.10. The fourth-order valence-corrected chi connectivity index (χ4v) is 5.01. The largest absolute Gasteiger partial charge is 0.436 e. The second kappa shape index (κ2) is 9.69. The predicted octanol–water partition coefficient (Wildman–Crippen LogP) is 1.41. The van der Waals surface area contributed by atoms with Crippen molar-refractivity contribution in [3.05, 3.63) is 11.6 Å². The molecule has 13 heteroatoms. The molecule has 7 unspecified atom stereocenters. The Labute approximate surface area is 200 Å². The molecule has 0 aliphatic carbocycles. The lowest BCUT2D eigenvalue weighted by Gasteiger charge is -2.31. The normalized spacial score (nSPS) is 34.7. The zero-order chi connectivity index (χ0) is 25.5. The van der Waals surface area contributed by atoms with E-state index in [4.69, 9.17) is 19.2 Å². The van der Waals surface area contributed by atoms with Crippen molar-refractivity contribution in [2.24, 2.45) is 26.9 Å². The topological polar surface area (TPSA) is 105 Å². The van der Waals surface area contributed by atoms with Gasteiger partial charge in [0.1, 0.15) is 12.6 Å². The Hall–Kier alpha value is -2.80. The molecule has 1 fully saturated rings. The highest BCUT2D eigenvalue weighted by Gasteiger charge is 2.54. The van der Waals surface area contributed by atoms with Crippen molar-refractivity contribution < 1.29 is 37.0 Å². The Morgan fingerprint density at radius 1 is 1.26 bits per heavy atom. The molecule has 1 amide bonds. The lowest BCUT2D eigenvalue weighted by atomic mass is 9.80. The number of rotatable bonds is 6. The molecule has 192 valence electrons. The van der Waals surface area contributed by atoms with Crippen LogP contribution in [0.2, 0.25) is 0 Å². The Morgan fingerprint density at radius 3 is 2.63 bits per heavy atom. The highest BCUT2D eigenvalue weighted by molar-refractivity contribution is 6.14. The van der Waals surface area contributed by atoms with E-state index in [1.807, 2.05) is 13.0 Å². The van der Waals surface area contributed by atoms with E-state index in [1.165, 1.54) is 25.1 Å². The number of hydrazone groups is 1. The van der Waals surface area contributed by atoms with Crippen molar-refractivity contribution in [1.29, 1.82) is 0 Å². The highest BCUT2D eigenvalue weighted by Crippen LogP contribution is 2.39. The highest BCUT2D eigenvalue weighted by atomic mass is 19.4. The van der Waals surface area contributed by atoms with E-state index in [9.17, 15) is 22.8 Å². The molecule has 0 aromatic heterocycles. The van der Waals surface area contributed by atoms with E-state index in [1.54, 1.807) is 13.3 Å². The van der Waals surface area contributed by atoms with Crippen molar-refractivity contribution >= 4 is 30.0 Å². The van der Waals surface area contributed by atoms with Crippen LogP contribution in [0.25, 0.3) is 0 Å². The fraction of sp³-hybridized carbons (Fsp3) is 0.682. The van der Waals surface area contributed by atoms with Crippen LogP contribution in [-0.2, 0) is 23.8 Å². The number of fused-ring (bicyclic) bond motifs is 1. The summed E-state index contributed by atoms with van der Waals surface area (Å²) >= 11 is 0. The smallest absolute Gasteiger partial charge is 0.407 e. The van der Waals surface area contributed by atoms with Gasteiger partial charge >= 0.3 is 12.1 Å². The van der Waals surface area contributed by atoms with Gasteiger partial charge in [-0.2, -0.15) is 18.3 Å². The second-order valence-electron chi connectivity index (χ2n) is 9.03. The molecule has 0 saturated carbocycles. The van der Waals surface area contributed by atoms with Crippen LogP contribution in [0.5, 0.6) is 0 Å². The van der Waals surface area contributed by atoms with Crippen LogP contribution in [0, 0.1) is 11.8 Å². The maximum atomic E-state index is 13.5. The molecule has 0 bridgehead atoms. The van der Waals surface area contributed by atoms with Crippen molar-refractivity contribution in [2.75, 3.05) is 27.3 Å². The number of alkyl halides is 3. The minimum absolute atomic E-state index is 0.160. The molecule has 10 nitrogen and oxygen atoms in total. The summed E-state index contributed by atoms with van der Waals surface area (Å²) in [4.78, 5) is 35.9. The molecular weight excluding hydrogens is 471 g/mol. The van der Waals surface area contributed by atoms with Crippen LogP contribution in [0.1, 0.15) is 20.3 Å². The Morgan fingerprint density at radius 2 is 2.00 bits per heavy atom. The Balaban J connectivity index is 1.63. The molecule has 0 radical (unpaired) electrons. The molecule has 0 aromatic rings. The van der Waals surface area contributed by atoms with Gasteiger partial charge < -0.3 is 14.2 Å². The minimum atomic E-state index is -4.44. The Kier molecular flexibility index (Phi) is 7.00. The molecule has 0 aromatic carbocycles. The fourth-order valence-electron chi connectivity index (χ4n) is 5.01. The van der Waals surface area contributed by atoms with Crippen molar-refractivity contribution in [3.63, 3.8) is 0 Å². The number of carbonyl (C=O) groups is 2. The number of hydrogen-bond acceptors (Lipinski definition) is 9. The summed E-state index contributed by atoms with van der Waals surface area (Å²) in [7, 11) is 3.08. The van der Waals surface area contributed by atoms with E-state index in [-0.39, 0.29) is 24.4 Å². The zero-order valence-electron chi connectivity index (χ0n) is 19.8. The van der Waals surface area contributed by atoms with Gasteiger partial charge in [0.15, 0.2) is 6.23 Å². The van der Waals surface area contributed by atoms with Crippen LogP contribution >= 0.6 is 0 Å². The van der Waals surface area contributed by atoms with Crippen molar-refractivity contribution in [3.8, 4) is 0 Å². The number of likely N-dealkylation sites (tertiary alicyclic amines) is 1. The van der Waals surface area contributed by atoms with Crippen LogP contribution in [0.4, 0.5) is 13.2 Å². The van der Waals surface area contributed by atoms with Crippen LogP contribution in [-0.4, -0.2) is 104 Å². The number of carbonyl (C=O) groups excluding carboxylic acids is 2. The average Bonchev–Trinajstić information content (AvgIpc) is 3.33. The first kappa shape index (κ1) is 25.3. The van der Waals surface area contributed by atoms with Gasteiger partial charge in [0, 0.05) is 33.6 Å². The van der Waals surface area contributed by atoms with Gasteiger partial charge in [-0.3, -0.25) is 29.5 Å². The predicted molar refractivity (Wildman–Crippen MR) is 119 cm³/mol. The summed E-state index contributed by atoms with van der Waals surface area (Å²) in [6.45, 7) is 1.72. The van der Waals surface area contributed by atoms with Crippen LogP contribution in [0.3, 0.4) is 0 Å². The summed E-state index contributed by atoms with van der Waals surface area (Å²) < 4.78 is 54.8. The molecule has 4 aliphatic heterocycles. The number of esters is 1. The summed E-state index contributed by atoms with van der Waals surface area (Å²) in [5.74, 6) is -1.78. The quantitative estimate of drug-likeness (QED) is 0.512. The third-order valence-electron chi connectivity index (χ3n) is 6.52. The molecule has 7 atom stereocenters. The number of methoxy groups -OCH3 is 2. The number of dihydropyridines is 1. The third kappa shape index (κ3) is 5.10. The van der Waals surface area contributed by atoms with Crippen LogP contribution < -0.4 is 0 Å². The zero-order valence-corrected chi connectivity index (χ0v) is 19.8. The summed E-state index contributed by atoms with van der Waals surface area (Å²) in [5.41, 5.74) is 1.17. The number of ether oxygens (including phenoxy) is 3. The van der Waals surface area contributed by atoms with Gasteiger partial charge in [-0.1, -0.05) is 6.92 Å². The van der Waals surface area contributed by atoms with Gasteiger partial charge in [0.25, 0.3) is 0 Å². The standard InChI is InChI=1S/C22H28F3N5O5/c1-11-5-15(13-6-16(33-3)19(34-4)26-7-13)28-18-17(11)20(32)30(21(18)35-12(2)31)14-8-27-29(9-14)10-22(23,24)25/h6-8,11,14-17,19,21H,5,9-10H2,1-4H3. The van der Waals surface area contributed by atoms with E-state index in [0.29, 0.717) is 12.1 Å². The minimum Gasteiger partial charge on any atom is -0.436 e. The monoisotopic (exact) mass is 499 g/mol. The van der Waals surface area contributed by atoms with E-state index in [2.05, 4.69) is 10.1 Å². The number of nitrogens with zero attached hydrogens (tertiary/aromatic N) is 5. The number of aliphatic imine (C=N–C) groups is 2. The van der Waals surface area contributed by atoms with Crippen molar-refractivity contribution in [2.45, 2.75) is 57.1 Å². The number of halogens is 3. The lowest BCUT2D eigenvalue weighted by molar-refractivity contribution is -0.156. The van der Waals surface area contributed by atoms with E-state index in [0.717, 1.165) is 10.6 Å². The maximum absolute atomic E-state index is 13.5. The summed E-state index contributed by atoms with van der Waals surface area (Å²) in [5, 5.41) is 4.66. The molecule has 4 aliphatic rings. The van der Waals surface area contributed by atoms with E-state index < -0.39 is 49.2 Å². The van der Waals surface area contributed by atoms with Crippen LogP contribution in [0.15, 0.2) is 26.7 Å². The molecule has 35 heavy (non-hydrogen) atoms. The van der Waals surface area contributed by atoms with Gasteiger partial charge in [-0.05, 0) is 24.0 Å². The second-order valence-corrected chi connectivity index (χ2v) is 9.03. The number of hydrogen-bond donors (Lipinski definition) is 0. The molecule has 4 heterocycles. The number of amides is 1. The molecule has 1 saturated heterocycles. The molecule has 0 N–H and O–H groups in total. The maximum Gasteiger partial charge on any atom is 0.407 e. The first-order valence-electron chi connectivity index (χ1n) is 11.3. The molecular formula is C22H28F3N5O5. The average molecular weight is 499 g/mol. The van der Waals surface area contributed by atoms with E-state index >= 15 is 0 Å². The van der Waals surface area contributed by atoms with Crippen molar-refractivity contribution in [1.82, 2.24) is 9.91 Å². The third-order valence-corrected chi connectivity index (χ3v) is 6.52. The molecule has 0 spiro atoms. The first-order chi connectivity index (χ1) is 16.5. The summed E-state index contributed by atoms with van der Waals surface area (Å²) in [6, 6.07) is -1.15. The Bertz CT molecular complexity index is 981. The van der Waals surface area contributed by atoms with Gasteiger partial charge in [0.2, 0.25) is 12.1 Å². The van der Waals surface area contributed by atoms with Gasteiger partial charge in [-0.25, -0.2) is 0 Å².